The van der Waals surface area contributed by atoms with Gasteiger partial charge >= 0.3 is 5.63 Å². The molecule has 7 rings (SSSR count). The molecule has 0 fully saturated rings. The minimum atomic E-state index is -0.608. The van der Waals surface area contributed by atoms with Crippen LogP contribution in [0.2, 0.25) is 5.02 Å². The lowest BCUT2D eigenvalue weighted by molar-refractivity contribution is 0.422. The molecule has 0 saturated heterocycles. The monoisotopic (exact) mass is 496 g/mol. The van der Waals surface area contributed by atoms with Crippen LogP contribution in [0.15, 0.2) is 88.3 Å². The van der Waals surface area contributed by atoms with Crippen molar-refractivity contribution in [2.75, 3.05) is 0 Å². The Morgan fingerprint density at radius 2 is 1.72 bits per heavy atom. The Hall–Kier alpha value is -4.56. The lowest BCUT2D eigenvalue weighted by Crippen LogP contribution is -2.22. The Balaban J connectivity index is 1.54. The second kappa shape index (κ2) is 7.73. The second-order valence-corrected chi connectivity index (χ2v) is 8.83. The van der Waals surface area contributed by atoms with E-state index < -0.39 is 11.5 Å². The molecule has 1 aliphatic heterocycles. The van der Waals surface area contributed by atoms with Crippen molar-refractivity contribution in [3.8, 4) is 23.0 Å². The fraction of sp³-hybridized carbons (Fsp3) is 0.0370. The fourth-order valence-electron chi connectivity index (χ4n) is 4.64. The Labute approximate surface area is 207 Å². The summed E-state index contributed by atoms with van der Waals surface area (Å²) >= 11 is 6.17. The van der Waals surface area contributed by atoms with Crippen molar-refractivity contribution in [3.63, 3.8) is 0 Å². The highest BCUT2D eigenvalue weighted by molar-refractivity contribution is 6.30. The zero-order valence-corrected chi connectivity index (χ0v) is 19.1. The van der Waals surface area contributed by atoms with Gasteiger partial charge in [0, 0.05) is 10.6 Å². The van der Waals surface area contributed by atoms with Crippen LogP contribution in [0.3, 0.4) is 0 Å². The average molecular weight is 497 g/mol. The highest BCUT2D eigenvalue weighted by Crippen LogP contribution is 2.48. The van der Waals surface area contributed by atoms with E-state index in [2.05, 4.69) is 10.1 Å². The lowest BCUT2D eigenvalue weighted by Gasteiger charge is -2.27. The molecule has 1 unspecified atom stereocenters. The van der Waals surface area contributed by atoms with Gasteiger partial charge in [-0.3, -0.25) is 0 Å². The maximum atomic E-state index is 13.5. The van der Waals surface area contributed by atoms with E-state index in [4.69, 9.17) is 25.7 Å². The molecule has 4 heterocycles. The molecule has 0 saturated carbocycles. The maximum Gasteiger partial charge on any atom is 0.344 e. The van der Waals surface area contributed by atoms with E-state index >= 15 is 0 Å². The summed E-state index contributed by atoms with van der Waals surface area (Å²) in [5.41, 5.74) is 2.68. The van der Waals surface area contributed by atoms with Gasteiger partial charge in [0.1, 0.15) is 17.7 Å². The number of fused-ring (bicyclic) bond motifs is 6. The molecular weight excluding hydrogens is 483 g/mol. The van der Waals surface area contributed by atoms with E-state index in [1.54, 1.807) is 36.4 Å². The van der Waals surface area contributed by atoms with Crippen LogP contribution < -0.4 is 10.4 Å². The third-order valence-electron chi connectivity index (χ3n) is 6.27. The zero-order valence-electron chi connectivity index (χ0n) is 18.4. The molecule has 0 N–H and O–H groups in total. The second-order valence-electron chi connectivity index (χ2n) is 8.39. The summed E-state index contributed by atoms with van der Waals surface area (Å²) in [6.45, 7) is 0. The van der Waals surface area contributed by atoms with Crippen LogP contribution in [0.5, 0.6) is 11.6 Å². The predicted molar refractivity (Wildman–Crippen MR) is 131 cm³/mol. The largest absolute Gasteiger partial charge is 0.437 e. The first-order chi connectivity index (χ1) is 17.6. The fourth-order valence-corrected chi connectivity index (χ4v) is 4.77. The van der Waals surface area contributed by atoms with Gasteiger partial charge in [-0.2, -0.15) is 0 Å². The molecule has 174 valence electrons. The minimum absolute atomic E-state index is 0.309. The van der Waals surface area contributed by atoms with Gasteiger partial charge in [-0.15, -0.1) is 5.10 Å². The number of para-hydroxylation sites is 1. The van der Waals surface area contributed by atoms with Crippen LogP contribution in [0.25, 0.3) is 28.0 Å². The zero-order chi connectivity index (χ0) is 24.4. The maximum absolute atomic E-state index is 13.5. The van der Waals surface area contributed by atoms with Crippen molar-refractivity contribution in [1.82, 2.24) is 19.6 Å². The normalized spacial score (nSPS) is 14.4. The molecule has 0 spiro atoms. The van der Waals surface area contributed by atoms with Gasteiger partial charge in [-0.1, -0.05) is 35.9 Å². The van der Waals surface area contributed by atoms with Gasteiger partial charge in [0.25, 0.3) is 0 Å². The van der Waals surface area contributed by atoms with Crippen molar-refractivity contribution in [1.29, 1.82) is 0 Å². The lowest BCUT2D eigenvalue weighted by atomic mass is 9.84. The molecule has 0 radical (unpaired) electrons. The van der Waals surface area contributed by atoms with Gasteiger partial charge in [0.15, 0.2) is 17.2 Å². The summed E-state index contributed by atoms with van der Waals surface area (Å²) in [5.74, 6) is 0.126. The van der Waals surface area contributed by atoms with Crippen LogP contribution in [-0.4, -0.2) is 19.6 Å². The topological polar surface area (TPSA) is 82.5 Å². The van der Waals surface area contributed by atoms with E-state index in [9.17, 15) is 9.18 Å². The van der Waals surface area contributed by atoms with Crippen molar-refractivity contribution in [3.05, 3.63) is 117 Å². The van der Waals surface area contributed by atoms with E-state index in [0.29, 0.717) is 55.8 Å². The van der Waals surface area contributed by atoms with Crippen LogP contribution in [0.4, 0.5) is 4.39 Å². The van der Waals surface area contributed by atoms with Gasteiger partial charge in [0.05, 0.1) is 22.4 Å². The first kappa shape index (κ1) is 20.8. The van der Waals surface area contributed by atoms with Crippen LogP contribution in [0.1, 0.15) is 22.6 Å². The molecule has 3 aromatic carbocycles. The molecule has 7 nitrogen and oxygen atoms in total. The standard InChI is InChI=1S/C27H14ClFN4O3/c28-16-9-5-14(6-10-16)20-21-23(18-3-1-2-4-19(18)35-27(21)34)36-26-22(20)25-31-24(32-33(25)13-30-26)15-7-11-17(29)12-8-15/h1-13,20H. The Morgan fingerprint density at radius 1 is 0.944 bits per heavy atom. The first-order valence-corrected chi connectivity index (χ1v) is 11.4. The van der Waals surface area contributed by atoms with Crippen molar-refractivity contribution in [2.45, 2.75) is 5.92 Å². The highest BCUT2D eigenvalue weighted by Gasteiger charge is 2.37. The summed E-state index contributed by atoms with van der Waals surface area (Å²) in [7, 11) is 0. The SMILES string of the molecule is O=c1oc2ccccc2c2c1C(c1ccc(Cl)cc1)c1c(ncn3nc(-c4ccc(F)cc4)nc13)O2. The number of rotatable bonds is 2. The first-order valence-electron chi connectivity index (χ1n) is 11.1. The molecule has 0 bridgehead atoms. The smallest absolute Gasteiger partial charge is 0.344 e. The number of halogens is 2. The Morgan fingerprint density at radius 3 is 2.53 bits per heavy atom. The van der Waals surface area contributed by atoms with Crippen molar-refractivity contribution >= 4 is 28.2 Å². The molecule has 36 heavy (non-hydrogen) atoms. The number of benzene rings is 3. The molecule has 1 aliphatic rings. The van der Waals surface area contributed by atoms with Gasteiger partial charge in [-0.05, 0) is 54.1 Å². The van der Waals surface area contributed by atoms with Crippen LogP contribution in [-0.2, 0) is 0 Å². The predicted octanol–water partition coefficient (Wildman–Crippen LogP) is 5.98. The summed E-state index contributed by atoms with van der Waals surface area (Å²) < 4.78 is 26.9. The van der Waals surface area contributed by atoms with Gasteiger partial charge in [0.2, 0.25) is 5.88 Å². The van der Waals surface area contributed by atoms with Gasteiger partial charge in [-0.25, -0.2) is 23.7 Å². The van der Waals surface area contributed by atoms with Crippen LogP contribution >= 0.6 is 11.6 Å². The minimum Gasteiger partial charge on any atom is -0.437 e. The average Bonchev–Trinajstić information content (AvgIpc) is 3.33. The van der Waals surface area contributed by atoms with Gasteiger partial charge < -0.3 is 9.15 Å². The quantitative estimate of drug-likeness (QED) is 0.274. The van der Waals surface area contributed by atoms with E-state index in [-0.39, 0.29) is 5.82 Å². The molecule has 0 amide bonds. The number of hydrogen-bond donors (Lipinski definition) is 0. The number of ether oxygens (including phenoxy) is 1. The third kappa shape index (κ3) is 3.11. The molecule has 1 atom stereocenters. The summed E-state index contributed by atoms with van der Waals surface area (Å²) in [6, 6.07) is 20.3. The third-order valence-corrected chi connectivity index (χ3v) is 6.52. The molecule has 3 aromatic heterocycles. The molecule has 6 aromatic rings. The highest BCUT2D eigenvalue weighted by atomic mass is 35.5. The Bertz CT molecular complexity index is 1860. The Kier molecular flexibility index (Phi) is 4.46. The van der Waals surface area contributed by atoms with E-state index in [1.165, 1.54) is 23.0 Å². The summed E-state index contributed by atoms with van der Waals surface area (Å²) in [6.07, 6.45) is 1.51. The molecule has 9 heteroatoms. The van der Waals surface area contributed by atoms with Crippen molar-refractivity contribution < 1.29 is 13.5 Å². The number of nitrogens with zero attached hydrogens (tertiary/aromatic N) is 4. The van der Waals surface area contributed by atoms with Crippen molar-refractivity contribution in [2.24, 2.45) is 0 Å². The number of hydrogen-bond acceptors (Lipinski definition) is 6. The van der Waals surface area contributed by atoms with E-state index in [0.717, 1.165) is 5.56 Å². The number of aromatic nitrogens is 4. The summed E-state index contributed by atoms with van der Waals surface area (Å²) in [5, 5.41) is 5.76. The molecule has 0 aliphatic carbocycles. The molecular formula is C27H14ClFN4O3. The van der Waals surface area contributed by atoms with E-state index in [1.807, 2.05) is 24.3 Å². The summed E-state index contributed by atoms with van der Waals surface area (Å²) in [4.78, 5) is 22.6. The van der Waals surface area contributed by atoms with Crippen LogP contribution in [0, 0.1) is 5.82 Å².